The molecule has 2 aromatic rings. The molecule has 1 amide bonds. The van der Waals surface area contributed by atoms with E-state index in [0.717, 1.165) is 75.8 Å². The number of nitrogens with zero attached hydrogens (tertiary/aromatic N) is 5. The largest absolute Gasteiger partial charge is 0.355 e. The summed E-state index contributed by atoms with van der Waals surface area (Å²) in [5.74, 6) is 0.243. The molecule has 9 heteroatoms. The molecule has 2 fully saturated rings. The number of hydrogen-bond donors (Lipinski definition) is 1. The van der Waals surface area contributed by atoms with Crippen LogP contribution in [-0.2, 0) is 11.2 Å². The van der Waals surface area contributed by atoms with Crippen LogP contribution in [0, 0.1) is 5.92 Å². The zero-order valence-corrected chi connectivity index (χ0v) is 18.6. The lowest BCUT2D eigenvalue weighted by Gasteiger charge is -2.31. The van der Waals surface area contributed by atoms with Crippen LogP contribution in [0.3, 0.4) is 0 Å². The van der Waals surface area contributed by atoms with E-state index in [9.17, 15) is 9.59 Å². The Morgan fingerprint density at radius 1 is 1.20 bits per heavy atom. The fourth-order valence-electron chi connectivity index (χ4n) is 4.36. The zero-order valence-electron chi connectivity index (χ0n) is 17.8. The van der Waals surface area contributed by atoms with Gasteiger partial charge in [-0.2, -0.15) is 4.52 Å². The minimum Gasteiger partial charge on any atom is -0.355 e. The maximum atomic E-state index is 12.6. The molecule has 8 nitrogen and oxygen atoms in total. The van der Waals surface area contributed by atoms with Gasteiger partial charge in [0.05, 0.1) is 0 Å². The first-order valence-corrected chi connectivity index (χ1v) is 12.1. The van der Waals surface area contributed by atoms with Crippen molar-refractivity contribution < 1.29 is 4.79 Å². The van der Waals surface area contributed by atoms with Gasteiger partial charge < -0.3 is 15.1 Å². The predicted octanol–water partition coefficient (Wildman–Crippen LogP) is 1.92. The number of aryl methyl sites for hydroxylation is 1. The van der Waals surface area contributed by atoms with Crippen LogP contribution < -0.4 is 15.8 Å². The number of carbonyl (C=O) groups is 1. The third kappa shape index (κ3) is 5.00. The summed E-state index contributed by atoms with van der Waals surface area (Å²) in [6.07, 6.45) is 7.28. The first kappa shape index (κ1) is 21.2. The molecule has 0 saturated carbocycles. The Kier molecular flexibility index (Phi) is 6.99. The summed E-state index contributed by atoms with van der Waals surface area (Å²) in [5.41, 5.74) is 0.714. The number of amides is 1. The standard InChI is InChI=1S/C21H32N6O2S/c1-2-6-17-15-18(28)27-20(23-17)30-21(24-27)26-12-7-16(8-13-26)19(29)22-9-14-25-10-4-3-5-11-25/h15-16H,2-14H2,1H3,(H,22,29). The first-order valence-electron chi connectivity index (χ1n) is 11.3. The molecule has 4 rings (SSSR count). The van der Waals surface area contributed by atoms with Gasteiger partial charge in [0.1, 0.15) is 0 Å². The third-order valence-electron chi connectivity index (χ3n) is 6.11. The van der Waals surface area contributed by atoms with Gasteiger partial charge in [-0.05, 0) is 45.2 Å². The van der Waals surface area contributed by atoms with E-state index in [1.165, 1.54) is 35.1 Å². The van der Waals surface area contributed by atoms with E-state index in [2.05, 4.69) is 32.1 Å². The highest BCUT2D eigenvalue weighted by molar-refractivity contribution is 7.20. The quantitative estimate of drug-likeness (QED) is 0.720. The molecule has 0 unspecified atom stereocenters. The smallest absolute Gasteiger partial charge is 0.275 e. The number of likely N-dealkylation sites (tertiary alicyclic amines) is 1. The van der Waals surface area contributed by atoms with Gasteiger partial charge in [-0.1, -0.05) is 31.1 Å². The number of hydrogen-bond acceptors (Lipinski definition) is 7. The van der Waals surface area contributed by atoms with Gasteiger partial charge in [0.2, 0.25) is 16.0 Å². The predicted molar refractivity (Wildman–Crippen MR) is 119 cm³/mol. The van der Waals surface area contributed by atoms with Crippen LogP contribution in [0.25, 0.3) is 4.96 Å². The summed E-state index contributed by atoms with van der Waals surface area (Å²) in [4.78, 5) is 34.7. The lowest BCUT2D eigenvalue weighted by atomic mass is 9.96. The zero-order chi connectivity index (χ0) is 20.9. The van der Waals surface area contributed by atoms with Crippen molar-refractivity contribution in [1.82, 2.24) is 24.8 Å². The maximum absolute atomic E-state index is 12.6. The van der Waals surface area contributed by atoms with Gasteiger partial charge in [0, 0.05) is 43.9 Å². The van der Waals surface area contributed by atoms with Crippen molar-refractivity contribution in [2.24, 2.45) is 5.92 Å². The van der Waals surface area contributed by atoms with E-state index in [0.29, 0.717) is 4.96 Å². The number of fused-ring (bicyclic) bond motifs is 1. The van der Waals surface area contributed by atoms with Crippen molar-refractivity contribution in [2.45, 2.75) is 51.9 Å². The summed E-state index contributed by atoms with van der Waals surface area (Å²) in [6.45, 7) is 7.66. The average Bonchev–Trinajstić information content (AvgIpc) is 3.20. The monoisotopic (exact) mass is 432 g/mol. The summed E-state index contributed by atoms with van der Waals surface area (Å²) in [7, 11) is 0. The second-order valence-corrected chi connectivity index (χ2v) is 9.30. The minimum absolute atomic E-state index is 0.0639. The highest BCUT2D eigenvalue weighted by Gasteiger charge is 2.27. The maximum Gasteiger partial charge on any atom is 0.275 e. The second kappa shape index (κ2) is 9.87. The molecule has 2 saturated heterocycles. The van der Waals surface area contributed by atoms with Gasteiger partial charge in [-0.15, -0.1) is 5.10 Å². The van der Waals surface area contributed by atoms with Crippen LogP contribution in [0.4, 0.5) is 5.13 Å². The molecular weight excluding hydrogens is 400 g/mol. The van der Waals surface area contributed by atoms with Gasteiger partial charge in [0.25, 0.3) is 5.56 Å². The number of rotatable bonds is 7. The number of nitrogens with one attached hydrogen (secondary N) is 1. The number of carbonyl (C=O) groups excluding carboxylic acids is 1. The molecule has 2 aromatic heterocycles. The van der Waals surface area contributed by atoms with Gasteiger partial charge in [-0.25, -0.2) is 4.98 Å². The van der Waals surface area contributed by atoms with Gasteiger partial charge >= 0.3 is 0 Å². The Morgan fingerprint density at radius 2 is 1.97 bits per heavy atom. The highest BCUT2D eigenvalue weighted by Crippen LogP contribution is 2.27. The average molecular weight is 433 g/mol. The minimum atomic E-state index is -0.117. The number of aromatic nitrogens is 3. The normalized spacial score (nSPS) is 18.8. The summed E-state index contributed by atoms with van der Waals surface area (Å²) >= 11 is 1.46. The number of piperidine rings is 2. The van der Waals surface area contributed by atoms with Crippen LogP contribution >= 0.6 is 11.3 Å². The molecule has 0 atom stereocenters. The van der Waals surface area contributed by atoms with Crippen molar-refractivity contribution in [3.8, 4) is 0 Å². The number of anilines is 1. The van der Waals surface area contributed by atoms with Gasteiger partial charge in [0.15, 0.2) is 0 Å². The van der Waals surface area contributed by atoms with Crippen LogP contribution in [0.1, 0.15) is 51.1 Å². The second-order valence-electron chi connectivity index (χ2n) is 8.37. The van der Waals surface area contributed by atoms with Crippen molar-refractivity contribution in [3.63, 3.8) is 0 Å². The van der Waals surface area contributed by atoms with E-state index in [1.807, 2.05) is 0 Å². The van der Waals surface area contributed by atoms with Crippen LogP contribution in [0.15, 0.2) is 10.9 Å². The first-order chi connectivity index (χ1) is 14.6. The lowest BCUT2D eigenvalue weighted by Crippen LogP contribution is -2.43. The molecule has 0 spiro atoms. The molecule has 4 heterocycles. The van der Waals surface area contributed by atoms with Crippen molar-refractivity contribution in [2.75, 3.05) is 44.2 Å². The third-order valence-corrected chi connectivity index (χ3v) is 7.07. The van der Waals surface area contributed by atoms with E-state index < -0.39 is 0 Å². The molecular formula is C21H32N6O2S. The fourth-order valence-corrected chi connectivity index (χ4v) is 5.33. The molecule has 0 bridgehead atoms. The molecule has 1 N–H and O–H groups in total. The molecule has 2 aliphatic rings. The van der Waals surface area contributed by atoms with E-state index in [-0.39, 0.29) is 17.4 Å². The van der Waals surface area contributed by atoms with E-state index in [4.69, 9.17) is 0 Å². The molecule has 164 valence electrons. The van der Waals surface area contributed by atoms with E-state index in [1.54, 1.807) is 6.07 Å². The highest BCUT2D eigenvalue weighted by atomic mass is 32.1. The summed E-state index contributed by atoms with van der Waals surface area (Å²) in [6, 6.07) is 1.58. The SMILES string of the molecule is CCCc1cc(=O)n2nc(N3CCC(C(=O)NCCN4CCCCC4)CC3)sc2n1. The Labute approximate surface area is 181 Å². The fraction of sp³-hybridized carbons (Fsp3) is 0.714. The Bertz CT molecular complexity index is 912. The van der Waals surface area contributed by atoms with Gasteiger partial charge in [-0.3, -0.25) is 9.59 Å². The van der Waals surface area contributed by atoms with E-state index >= 15 is 0 Å². The van der Waals surface area contributed by atoms with Crippen LogP contribution in [-0.4, -0.2) is 64.7 Å². The molecule has 30 heavy (non-hydrogen) atoms. The van der Waals surface area contributed by atoms with Crippen molar-refractivity contribution in [3.05, 3.63) is 22.1 Å². The van der Waals surface area contributed by atoms with Crippen LogP contribution in [0.5, 0.6) is 0 Å². The summed E-state index contributed by atoms with van der Waals surface area (Å²) < 4.78 is 1.40. The Balaban J connectivity index is 1.29. The Morgan fingerprint density at radius 3 is 2.70 bits per heavy atom. The van der Waals surface area contributed by atoms with Crippen LogP contribution in [0.2, 0.25) is 0 Å². The molecule has 0 aliphatic carbocycles. The molecule has 0 aromatic carbocycles. The summed E-state index contributed by atoms with van der Waals surface area (Å²) in [5, 5.41) is 8.44. The molecule has 0 radical (unpaired) electrons. The van der Waals surface area contributed by atoms with Crippen molar-refractivity contribution >= 4 is 27.3 Å². The van der Waals surface area contributed by atoms with Crippen molar-refractivity contribution in [1.29, 1.82) is 0 Å². The Hall–Kier alpha value is -2.00. The topological polar surface area (TPSA) is 82.8 Å². The molecule has 2 aliphatic heterocycles. The lowest BCUT2D eigenvalue weighted by molar-refractivity contribution is -0.125.